The molecule has 20 heavy (non-hydrogen) atoms. The smallest absolute Gasteiger partial charge is 0.313 e. The molecule has 0 aliphatic carbocycles. The van der Waals surface area contributed by atoms with Crippen molar-refractivity contribution in [3.63, 3.8) is 0 Å². The summed E-state index contributed by atoms with van der Waals surface area (Å²) in [6.45, 7) is 0. The van der Waals surface area contributed by atoms with Crippen LogP contribution in [-0.2, 0) is 0 Å². The van der Waals surface area contributed by atoms with Crippen molar-refractivity contribution in [1.29, 1.82) is 0 Å². The summed E-state index contributed by atoms with van der Waals surface area (Å²) >= 11 is 0. The predicted octanol–water partition coefficient (Wildman–Crippen LogP) is 1.65. The molecule has 0 atom stereocenters. The van der Waals surface area contributed by atoms with Gasteiger partial charge in [-0.3, -0.25) is 10.1 Å². The first kappa shape index (κ1) is 13.5. The summed E-state index contributed by atoms with van der Waals surface area (Å²) < 4.78 is 10.3. The van der Waals surface area contributed by atoms with Crippen LogP contribution < -0.4 is 15.2 Å². The van der Waals surface area contributed by atoms with E-state index in [2.05, 4.69) is 9.97 Å². The lowest BCUT2D eigenvalue weighted by molar-refractivity contribution is -0.384. The average Bonchev–Trinajstić information content (AvgIpc) is 2.46. The zero-order chi connectivity index (χ0) is 14.7. The lowest BCUT2D eigenvalue weighted by atomic mass is 10.1. The normalized spacial score (nSPS) is 10.1. The van der Waals surface area contributed by atoms with Gasteiger partial charge < -0.3 is 15.2 Å². The van der Waals surface area contributed by atoms with E-state index < -0.39 is 4.92 Å². The Bertz CT molecular complexity index is 660. The fraction of sp³-hybridized carbons (Fsp3) is 0.167. The third-order valence-electron chi connectivity index (χ3n) is 2.65. The number of nitrogen functional groups attached to an aromatic ring is 1. The molecule has 1 aromatic carbocycles. The summed E-state index contributed by atoms with van der Waals surface area (Å²) in [5, 5.41) is 11.1. The van der Waals surface area contributed by atoms with Crippen LogP contribution in [0.4, 0.5) is 11.6 Å². The highest BCUT2D eigenvalue weighted by molar-refractivity contribution is 5.76. The van der Waals surface area contributed by atoms with Gasteiger partial charge in [-0.25, -0.2) is 9.97 Å². The number of hydrogen-bond donors (Lipinski definition) is 1. The van der Waals surface area contributed by atoms with Gasteiger partial charge in [0.2, 0.25) is 5.95 Å². The zero-order valence-electron chi connectivity index (χ0n) is 10.9. The number of nitrogens with two attached hydrogens (primary N) is 1. The van der Waals surface area contributed by atoms with Gasteiger partial charge in [-0.2, -0.15) is 0 Å². The summed E-state index contributed by atoms with van der Waals surface area (Å²) in [4.78, 5) is 18.1. The third-order valence-corrected chi connectivity index (χ3v) is 2.65. The van der Waals surface area contributed by atoms with Crippen LogP contribution in [0.3, 0.4) is 0 Å². The average molecular weight is 276 g/mol. The quantitative estimate of drug-likeness (QED) is 0.667. The summed E-state index contributed by atoms with van der Waals surface area (Å²) in [5.74, 6) is 0.884. The summed E-state index contributed by atoms with van der Waals surface area (Å²) in [7, 11) is 2.95. The van der Waals surface area contributed by atoms with Crippen LogP contribution in [-0.4, -0.2) is 29.1 Å². The first-order valence-electron chi connectivity index (χ1n) is 5.56. The predicted molar refractivity (Wildman–Crippen MR) is 71.6 cm³/mol. The molecule has 8 heteroatoms. The van der Waals surface area contributed by atoms with Crippen molar-refractivity contribution in [1.82, 2.24) is 9.97 Å². The Hall–Kier alpha value is -2.90. The molecule has 1 aromatic heterocycles. The second-order valence-corrected chi connectivity index (χ2v) is 3.79. The Labute approximate surface area is 114 Å². The number of ether oxygens (including phenoxy) is 2. The van der Waals surface area contributed by atoms with Gasteiger partial charge in [0.05, 0.1) is 24.7 Å². The molecule has 0 radical (unpaired) electrons. The molecule has 104 valence electrons. The highest BCUT2D eigenvalue weighted by atomic mass is 16.6. The number of anilines is 1. The van der Waals surface area contributed by atoms with E-state index in [0.29, 0.717) is 17.1 Å². The maximum absolute atomic E-state index is 11.1. The molecule has 0 bridgehead atoms. The monoisotopic (exact) mass is 276 g/mol. The van der Waals surface area contributed by atoms with Crippen molar-refractivity contribution in [2.24, 2.45) is 0 Å². The van der Waals surface area contributed by atoms with E-state index in [1.807, 2.05) is 0 Å². The highest BCUT2D eigenvalue weighted by Gasteiger charge is 2.22. The molecule has 0 aliphatic rings. The van der Waals surface area contributed by atoms with Gasteiger partial charge in [0, 0.05) is 0 Å². The SMILES string of the molecule is COc1ccc(OC)c(-c2nc(N)ncc2[N+](=O)[O-])c1. The Kier molecular flexibility index (Phi) is 3.65. The van der Waals surface area contributed by atoms with Gasteiger partial charge in [0.1, 0.15) is 17.7 Å². The molecule has 0 aliphatic heterocycles. The van der Waals surface area contributed by atoms with Crippen molar-refractivity contribution in [3.05, 3.63) is 34.5 Å². The molecule has 2 N–H and O–H groups in total. The van der Waals surface area contributed by atoms with Crippen molar-refractivity contribution >= 4 is 11.6 Å². The molecule has 2 rings (SSSR count). The Morgan fingerprint density at radius 1 is 1.30 bits per heavy atom. The maximum atomic E-state index is 11.1. The van der Waals surface area contributed by atoms with Gasteiger partial charge in [-0.1, -0.05) is 0 Å². The number of nitro groups is 1. The van der Waals surface area contributed by atoms with E-state index in [4.69, 9.17) is 15.2 Å². The van der Waals surface area contributed by atoms with Gasteiger partial charge in [-0.15, -0.1) is 0 Å². The Morgan fingerprint density at radius 2 is 2.05 bits per heavy atom. The zero-order valence-corrected chi connectivity index (χ0v) is 10.9. The Morgan fingerprint density at radius 3 is 2.65 bits per heavy atom. The fourth-order valence-corrected chi connectivity index (χ4v) is 1.72. The van der Waals surface area contributed by atoms with Crippen LogP contribution in [0.2, 0.25) is 0 Å². The minimum absolute atomic E-state index is 0.0597. The fourth-order valence-electron chi connectivity index (χ4n) is 1.72. The van der Waals surface area contributed by atoms with Crippen LogP contribution >= 0.6 is 0 Å². The lowest BCUT2D eigenvalue weighted by Crippen LogP contribution is -2.02. The molecule has 0 saturated carbocycles. The van der Waals surface area contributed by atoms with Crippen molar-refractivity contribution in [3.8, 4) is 22.8 Å². The number of nitrogens with zero attached hydrogens (tertiary/aromatic N) is 3. The molecule has 0 fully saturated rings. The molecule has 8 nitrogen and oxygen atoms in total. The molecule has 2 aromatic rings. The van der Waals surface area contributed by atoms with Crippen molar-refractivity contribution in [2.45, 2.75) is 0 Å². The van der Waals surface area contributed by atoms with E-state index in [1.165, 1.54) is 14.2 Å². The molecule has 1 heterocycles. The van der Waals surface area contributed by atoms with Gasteiger partial charge >= 0.3 is 5.69 Å². The minimum Gasteiger partial charge on any atom is -0.497 e. The standard InChI is InChI=1S/C12H12N4O4/c1-19-7-3-4-10(20-2)8(5-7)11-9(16(17)18)6-14-12(13)15-11/h3-6H,1-2H3,(H2,13,14,15). The second-order valence-electron chi connectivity index (χ2n) is 3.79. The molecule has 0 amide bonds. The van der Waals surface area contributed by atoms with Crippen molar-refractivity contribution in [2.75, 3.05) is 20.0 Å². The number of rotatable bonds is 4. The molecule has 0 saturated heterocycles. The molecule has 0 spiro atoms. The molecular weight excluding hydrogens is 264 g/mol. The van der Waals surface area contributed by atoms with Gasteiger partial charge in [0.25, 0.3) is 0 Å². The first-order chi connectivity index (χ1) is 9.56. The third kappa shape index (κ3) is 2.44. The van der Waals surface area contributed by atoms with Crippen LogP contribution in [0, 0.1) is 10.1 Å². The van der Waals surface area contributed by atoms with E-state index in [1.54, 1.807) is 18.2 Å². The van der Waals surface area contributed by atoms with E-state index in [9.17, 15) is 10.1 Å². The van der Waals surface area contributed by atoms with Crippen LogP contribution in [0.15, 0.2) is 24.4 Å². The largest absolute Gasteiger partial charge is 0.497 e. The highest BCUT2D eigenvalue weighted by Crippen LogP contribution is 2.36. The number of methoxy groups -OCH3 is 2. The number of hydrogen-bond acceptors (Lipinski definition) is 7. The van der Waals surface area contributed by atoms with Crippen molar-refractivity contribution < 1.29 is 14.4 Å². The topological polar surface area (TPSA) is 113 Å². The number of aromatic nitrogens is 2. The molecular formula is C12H12N4O4. The summed E-state index contributed by atoms with van der Waals surface area (Å²) in [5.41, 5.74) is 5.74. The van der Waals surface area contributed by atoms with E-state index in [-0.39, 0.29) is 17.3 Å². The number of benzene rings is 1. The summed E-state index contributed by atoms with van der Waals surface area (Å²) in [6, 6.07) is 4.91. The summed E-state index contributed by atoms with van der Waals surface area (Å²) in [6.07, 6.45) is 1.07. The van der Waals surface area contributed by atoms with Gasteiger partial charge in [0.15, 0.2) is 5.69 Å². The second kappa shape index (κ2) is 5.39. The molecule has 0 unspecified atom stereocenters. The minimum atomic E-state index is -0.576. The maximum Gasteiger partial charge on any atom is 0.313 e. The van der Waals surface area contributed by atoms with Gasteiger partial charge in [-0.05, 0) is 18.2 Å². The van der Waals surface area contributed by atoms with Crippen LogP contribution in [0.1, 0.15) is 0 Å². The Balaban J connectivity index is 2.72. The lowest BCUT2D eigenvalue weighted by Gasteiger charge is -2.10. The van der Waals surface area contributed by atoms with E-state index in [0.717, 1.165) is 6.20 Å². The first-order valence-corrected chi connectivity index (χ1v) is 5.56. The van der Waals surface area contributed by atoms with E-state index >= 15 is 0 Å². The van der Waals surface area contributed by atoms with Crippen LogP contribution in [0.25, 0.3) is 11.3 Å². The van der Waals surface area contributed by atoms with Crippen LogP contribution in [0.5, 0.6) is 11.5 Å².